The summed E-state index contributed by atoms with van der Waals surface area (Å²) in [5, 5.41) is 0.809. The molecule has 1 rings (SSSR count). The van der Waals surface area contributed by atoms with Gasteiger partial charge in [-0.2, -0.15) is 0 Å². The first-order chi connectivity index (χ1) is 6.02. The number of hydrogen-bond acceptors (Lipinski definition) is 1. The van der Waals surface area contributed by atoms with Crippen molar-refractivity contribution in [2.24, 2.45) is 5.73 Å². The Morgan fingerprint density at radius 1 is 1.31 bits per heavy atom. The highest BCUT2D eigenvalue weighted by atomic mass is 35.5. The molecule has 0 saturated heterocycles. The lowest BCUT2D eigenvalue weighted by Gasteiger charge is -2.02. The van der Waals surface area contributed by atoms with E-state index >= 15 is 0 Å². The standard InChI is InChI=1S/C9H7Cl2NO/c1-5(9(12)13)6-2-3-7(10)8(11)4-6/h2-4H,1H2,(H2,12,13). The Kier molecular flexibility index (Phi) is 2.96. The van der Waals surface area contributed by atoms with Gasteiger partial charge in [0, 0.05) is 5.57 Å². The molecule has 0 aliphatic rings. The molecule has 0 aliphatic heterocycles. The second-order valence-corrected chi connectivity index (χ2v) is 3.29. The number of hydrogen-bond donors (Lipinski definition) is 1. The van der Waals surface area contributed by atoms with Crippen LogP contribution in [0.2, 0.25) is 10.0 Å². The van der Waals surface area contributed by atoms with Crippen LogP contribution in [-0.2, 0) is 4.79 Å². The molecular formula is C9H7Cl2NO. The molecule has 0 aliphatic carbocycles. The van der Waals surface area contributed by atoms with Crippen LogP contribution in [0.3, 0.4) is 0 Å². The van der Waals surface area contributed by atoms with Gasteiger partial charge >= 0.3 is 0 Å². The Labute approximate surface area is 85.9 Å². The van der Waals surface area contributed by atoms with E-state index in [-0.39, 0.29) is 5.57 Å². The number of carbonyl (C=O) groups excluding carboxylic acids is 1. The predicted molar refractivity (Wildman–Crippen MR) is 54.7 cm³/mol. The number of rotatable bonds is 2. The molecular weight excluding hydrogens is 209 g/mol. The van der Waals surface area contributed by atoms with Crippen LogP contribution in [0.5, 0.6) is 0 Å². The molecule has 1 aromatic rings. The second kappa shape index (κ2) is 3.81. The highest BCUT2D eigenvalue weighted by Gasteiger charge is 2.06. The Bertz CT molecular complexity index is 374. The molecule has 0 unspecified atom stereocenters. The second-order valence-electron chi connectivity index (χ2n) is 2.47. The number of halogens is 2. The highest BCUT2D eigenvalue weighted by Crippen LogP contribution is 2.25. The van der Waals surface area contributed by atoms with E-state index in [1.165, 1.54) is 0 Å². The van der Waals surface area contributed by atoms with Crippen LogP contribution in [0.25, 0.3) is 5.57 Å². The normalized spacial score (nSPS) is 9.69. The molecule has 0 fully saturated rings. The van der Waals surface area contributed by atoms with Crippen molar-refractivity contribution in [1.29, 1.82) is 0 Å². The largest absolute Gasteiger partial charge is 0.366 e. The number of nitrogens with two attached hydrogens (primary N) is 1. The van der Waals surface area contributed by atoms with Gasteiger partial charge in [0.2, 0.25) is 5.91 Å². The highest BCUT2D eigenvalue weighted by molar-refractivity contribution is 6.42. The smallest absolute Gasteiger partial charge is 0.248 e. The summed E-state index contributed by atoms with van der Waals surface area (Å²) < 4.78 is 0. The lowest BCUT2D eigenvalue weighted by molar-refractivity contribution is -0.112. The third-order valence-electron chi connectivity index (χ3n) is 1.57. The molecule has 68 valence electrons. The van der Waals surface area contributed by atoms with E-state index in [0.29, 0.717) is 15.6 Å². The summed E-state index contributed by atoms with van der Waals surface area (Å²) in [4.78, 5) is 10.7. The van der Waals surface area contributed by atoms with Crippen molar-refractivity contribution >= 4 is 34.7 Å². The maximum atomic E-state index is 10.7. The van der Waals surface area contributed by atoms with Crippen molar-refractivity contribution in [1.82, 2.24) is 0 Å². The Morgan fingerprint density at radius 2 is 1.92 bits per heavy atom. The summed E-state index contributed by atoms with van der Waals surface area (Å²) >= 11 is 11.4. The van der Waals surface area contributed by atoms with Crippen molar-refractivity contribution < 1.29 is 4.79 Å². The fourth-order valence-electron chi connectivity index (χ4n) is 0.826. The van der Waals surface area contributed by atoms with Crippen LogP contribution >= 0.6 is 23.2 Å². The molecule has 1 aromatic carbocycles. The minimum Gasteiger partial charge on any atom is -0.366 e. The summed E-state index contributed by atoms with van der Waals surface area (Å²) in [5.41, 5.74) is 5.85. The molecule has 0 bridgehead atoms. The molecule has 0 spiro atoms. The van der Waals surface area contributed by atoms with Gasteiger partial charge < -0.3 is 5.73 Å². The summed E-state index contributed by atoms with van der Waals surface area (Å²) in [7, 11) is 0. The molecule has 0 saturated carbocycles. The lowest BCUT2D eigenvalue weighted by atomic mass is 10.1. The fraction of sp³-hybridized carbons (Fsp3) is 0. The van der Waals surface area contributed by atoms with E-state index in [9.17, 15) is 4.79 Å². The molecule has 0 heterocycles. The van der Waals surface area contributed by atoms with Gasteiger partial charge in [-0.1, -0.05) is 35.8 Å². The number of primary amides is 1. The lowest BCUT2D eigenvalue weighted by Crippen LogP contribution is -2.11. The monoisotopic (exact) mass is 215 g/mol. The summed E-state index contributed by atoms with van der Waals surface area (Å²) in [6, 6.07) is 4.78. The van der Waals surface area contributed by atoms with Crippen LogP contribution in [0.1, 0.15) is 5.56 Å². The first kappa shape index (κ1) is 10.1. The Morgan fingerprint density at radius 3 is 2.38 bits per heavy atom. The number of carbonyl (C=O) groups is 1. The molecule has 0 atom stereocenters. The maximum absolute atomic E-state index is 10.7. The zero-order valence-corrected chi connectivity index (χ0v) is 8.19. The minimum atomic E-state index is -0.571. The van der Waals surface area contributed by atoms with Crippen LogP contribution in [-0.4, -0.2) is 5.91 Å². The van der Waals surface area contributed by atoms with Crippen molar-refractivity contribution in [3.05, 3.63) is 40.4 Å². The summed E-state index contributed by atoms with van der Waals surface area (Å²) in [6.45, 7) is 3.52. The van der Waals surface area contributed by atoms with E-state index in [1.807, 2.05) is 0 Å². The first-order valence-electron chi connectivity index (χ1n) is 3.46. The van der Waals surface area contributed by atoms with Crippen LogP contribution < -0.4 is 5.73 Å². The average Bonchev–Trinajstić information content (AvgIpc) is 2.08. The van der Waals surface area contributed by atoms with Gasteiger partial charge in [0.1, 0.15) is 0 Å². The third kappa shape index (κ3) is 2.23. The van der Waals surface area contributed by atoms with E-state index in [0.717, 1.165) is 0 Å². The zero-order chi connectivity index (χ0) is 10.0. The number of amides is 1. The molecule has 2 N–H and O–H groups in total. The van der Waals surface area contributed by atoms with Gasteiger partial charge in [0.25, 0.3) is 0 Å². The minimum absolute atomic E-state index is 0.221. The molecule has 1 amide bonds. The van der Waals surface area contributed by atoms with Crippen molar-refractivity contribution in [3.63, 3.8) is 0 Å². The third-order valence-corrected chi connectivity index (χ3v) is 2.30. The molecule has 0 aromatic heterocycles. The number of benzene rings is 1. The van der Waals surface area contributed by atoms with Crippen molar-refractivity contribution in [2.75, 3.05) is 0 Å². The van der Waals surface area contributed by atoms with Crippen molar-refractivity contribution in [2.45, 2.75) is 0 Å². The predicted octanol–water partition coefficient (Wildman–Crippen LogP) is 2.49. The van der Waals surface area contributed by atoms with Gasteiger partial charge in [0.15, 0.2) is 0 Å². The van der Waals surface area contributed by atoms with Crippen LogP contribution in [0.15, 0.2) is 24.8 Å². The van der Waals surface area contributed by atoms with Gasteiger partial charge in [-0.25, -0.2) is 0 Å². The summed E-state index contributed by atoms with van der Waals surface area (Å²) in [5.74, 6) is -0.571. The zero-order valence-electron chi connectivity index (χ0n) is 6.68. The van der Waals surface area contributed by atoms with Gasteiger partial charge in [-0.05, 0) is 17.7 Å². The molecule has 4 heteroatoms. The van der Waals surface area contributed by atoms with Crippen LogP contribution in [0, 0.1) is 0 Å². The van der Waals surface area contributed by atoms with Gasteiger partial charge in [-0.3, -0.25) is 4.79 Å². The fourth-order valence-corrected chi connectivity index (χ4v) is 1.12. The van der Waals surface area contributed by atoms with E-state index in [2.05, 4.69) is 6.58 Å². The quantitative estimate of drug-likeness (QED) is 0.758. The average molecular weight is 216 g/mol. The maximum Gasteiger partial charge on any atom is 0.248 e. The molecule has 13 heavy (non-hydrogen) atoms. The molecule has 2 nitrogen and oxygen atoms in total. The SMILES string of the molecule is C=C(C(N)=O)c1ccc(Cl)c(Cl)c1. The molecule has 0 radical (unpaired) electrons. The first-order valence-corrected chi connectivity index (χ1v) is 4.22. The van der Waals surface area contributed by atoms with Gasteiger partial charge in [-0.15, -0.1) is 0 Å². The Hall–Kier alpha value is -0.990. The summed E-state index contributed by atoms with van der Waals surface area (Å²) in [6.07, 6.45) is 0. The van der Waals surface area contributed by atoms with E-state index in [4.69, 9.17) is 28.9 Å². The van der Waals surface area contributed by atoms with Gasteiger partial charge in [0.05, 0.1) is 10.0 Å². The Balaban J connectivity index is 3.11. The van der Waals surface area contributed by atoms with E-state index < -0.39 is 5.91 Å². The van der Waals surface area contributed by atoms with E-state index in [1.54, 1.807) is 18.2 Å². The van der Waals surface area contributed by atoms with Crippen molar-refractivity contribution in [3.8, 4) is 0 Å². The topological polar surface area (TPSA) is 43.1 Å². The van der Waals surface area contributed by atoms with Crippen LogP contribution in [0.4, 0.5) is 0 Å².